The molecule has 1 fully saturated rings. The lowest BCUT2D eigenvalue weighted by Gasteiger charge is -2.34. The van der Waals surface area contributed by atoms with E-state index in [1.807, 2.05) is 11.8 Å². The maximum absolute atomic E-state index is 11.7. The fraction of sp³-hybridized carbons (Fsp3) is 0.429. The molecular formula is C14H20N4O2. The standard InChI is InChI=1S/C14H20N4O2/c1-3-16-14(20)10-4-5-12(11(15)8-10)18-7-6-17(2)13(19)9-18/h4-5,8H,3,6-7,9,15H2,1-2H3,(H,16,20). The Morgan fingerprint density at radius 1 is 1.40 bits per heavy atom. The molecule has 0 atom stereocenters. The van der Waals surface area contributed by atoms with Crippen LogP contribution < -0.4 is 16.0 Å². The third-order valence-electron chi connectivity index (χ3n) is 3.42. The molecule has 1 aromatic carbocycles. The Labute approximate surface area is 118 Å². The number of benzene rings is 1. The molecular weight excluding hydrogens is 256 g/mol. The van der Waals surface area contributed by atoms with Crippen molar-refractivity contribution in [3.05, 3.63) is 23.8 Å². The summed E-state index contributed by atoms with van der Waals surface area (Å²) in [7, 11) is 1.79. The van der Waals surface area contributed by atoms with Crippen LogP contribution in [0, 0.1) is 0 Å². The second-order valence-electron chi connectivity index (χ2n) is 4.87. The van der Waals surface area contributed by atoms with E-state index in [-0.39, 0.29) is 11.8 Å². The van der Waals surface area contributed by atoms with Crippen LogP contribution in [0.25, 0.3) is 0 Å². The molecule has 2 amide bonds. The van der Waals surface area contributed by atoms with Gasteiger partial charge >= 0.3 is 0 Å². The Hall–Kier alpha value is -2.24. The minimum atomic E-state index is -0.139. The summed E-state index contributed by atoms with van der Waals surface area (Å²) in [5.74, 6) is -0.0661. The first kappa shape index (κ1) is 14.2. The lowest BCUT2D eigenvalue weighted by Crippen LogP contribution is -2.48. The number of rotatable bonds is 3. The molecule has 0 bridgehead atoms. The fourth-order valence-electron chi connectivity index (χ4n) is 2.21. The zero-order valence-corrected chi connectivity index (χ0v) is 11.8. The van der Waals surface area contributed by atoms with E-state index in [4.69, 9.17) is 5.73 Å². The van der Waals surface area contributed by atoms with E-state index < -0.39 is 0 Å². The van der Waals surface area contributed by atoms with Gasteiger partial charge in [0.1, 0.15) is 0 Å². The Balaban J connectivity index is 2.18. The SMILES string of the molecule is CCNC(=O)c1ccc(N2CCN(C)C(=O)C2)c(N)c1. The van der Waals surface area contributed by atoms with E-state index in [1.54, 1.807) is 30.1 Å². The van der Waals surface area contributed by atoms with E-state index in [2.05, 4.69) is 5.32 Å². The summed E-state index contributed by atoms with van der Waals surface area (Å²) >= 11 is 0. The van der Waals surface area contributed by atoms with Crippen molar-refractivity contribution < 1.29 is 9.59 Å². The highest BCUT2D eigenvalue weighted by Crippen LogP contribution is 2.25. The van der Waals surface area contributed by atoms with Gasteiger partial charge in [-0.15, -0.1) is 0 Å². The predicted molar refractivity (Wildman–Crippen MR) is 78.7 cm³/mol. The number of amides is 2. The molecule has 6 nitrogen and oxygen atoms in total. The highest BCUT2D eigenvalue weighted by atomic mass is 16.2. The van der Waals surface area contributed by atoms with Gasteiger partial charge in [-0.1, -0.05) is 0 Å². The number of nitrogens with one attached hydrogen (secondary N) is 1. The van der Waals surface area contributed by atoms with E-state index >= 15 is 0 Å². The van der Waals surface area contributed by atoms with Crippen LogP contribution in [0.1, 0.15) is 17.3 Å². The van der Waals surface area contributed by atoms with Crippen molar-refractivity contribution in [1.82, 2.24) is 10.2 Å². The molecule has 1 aliphatic heterocycles. The topological polar surface area (TPSA) is 78.7 Å². The first-order chi connectivity index (χ1) is 9.52. The van der Waals surface area contributed by atoms with Gasteiger partial charge in [-0.2, -0.15) is 0 Å². The normalized spacial score (nSPS) is 15.4. The molecule has 0 aliphatic carbocycles. The molecule has 0 unspecified atom stereocenters. The highest BCUT2D eigenvalue weighted by Gasteiger charge is 2.22. The summed E-state index contributed by atoms with van der Waals surface area (Å²) in [5.41, 5.74) is 7.88. The van der Waals surface area contributed by atoms with Crippen molar-refractivity contribution in [3.63, 3.8) is 0 Å². The van der Waals surface area contributed by atoms with Crippen molar-refractivity contribution in [2.24, 2.45) is 0 Å². The number of carbonyl (C=O) groups excluding carboxylic acids is 2. The van der Waals surface area contributed by atoms with Gasteiger partial charge < -0.3 is 20.9 Å². The van der Waals surface area contributed by atoms with Gasteiger partial charge in [0.05, 0.1) is 17.9 Å². The number of likely N-dealkylation sites (N-methyl/N-ethyl adjacent to an activating group) is 1. The van der Waals surface area contributed by atoms with Crippen LogP contribution >= 0.6 is 0 Å². The van der Waals surface area contributed by atoms with Crippen LogP contribution in [-0.2, 0) is 4.79 Å². The van der Waals surface area contributed by atoms with Crippen molar-refractivity contribution in [1.29, 1.82) is 0 Å². The van der Waals surface area contributed by atoms with Gasteiger partial charge in [-0.05, 0) is 25.1 Å². The largest absolute Gasteiger partial charge is 0.397 e. The monoisotopic (exact) mass is 276 g/mol. The number of carbonyl (C=O) groups is 2. The number of anilines is 2. The van der Waals surface area contributed by atoms with Crippen LogP contribution in [0.2, 0.25) is 0 Å². The van der Waals surface area contributed by atoms with Crippen molar-refractivity contribution in [2.75, 3.05) is 43.9 Å². The molecule has 2 rings (SSSR count). The number of nitrogens with zero attached hydrogens (tertiary/aromatic N) is 2. The zero-order chi connectivity index (χ0) is 14.7. The summed E-state index contributed by atoms with van der Waals surface area (Å²) in [5, 5.41) is 2.73. The maximum Gasteiger partial charge on any atom is 0.251 e. The van der Waals surface area contributed by atoms with Gasteiger partial charge in [0.2, 0.25) is 5.91 Å². The molecule has 108 valence electrons. The number of piperazine rings is 1. The van der Waals surface area contributed by atoms with Gasteiger partial charge in [0.25, 0.3) is 5.91 Å². The second-order valence-corrected chi connectivity index (χ2v) is 4.87. The highest BCUT2D eigenvalue weighted by molar-refractivity contribution is 5.96. The Kier molecular flexibility index (Phi) is 4.12. The molecule has 0 radical (unpaired) electrons. The number of nitrogens with two attached hydrogens (primary N) is 1. The lowest BCUT2D eigenvalue weighted by molar-refractivity contribution is -0.129. The molecule has 6 heteroatoms. The summed E-state index contributed by atoms with van der Waals surface area (Å²) in [4.78, 5) is 27.1. The predicted octanol–water partition coefficient (Wildman–Crippen LogP) is 0.297. The van der Waals surface area contributed by atoms with E-state index in [0.717, 1.165) is 12.2 Å². The molecule has 0 saturated carbocycles. The van der Waals surface area contributed by atoms with Crippen LogP contribution in [0.4, 0.5) is 11.4 Å². The lowest BCUT2D eigenvalue weighted by atomic mass is 10.1. The molecule has 0 aromatic heterocycles. The zero-order valence-electron chi connectivity index (χ0n) is 11.8. The number of nitrogen functional groups attached to an aromatic ring is 1. The molecule has 1 saturated heterocycles. The molecule has 20 heavy (non-hydrogen) atoms. The summed E-state index contributed by atoms with van der Waals surface area (Å²) < 4.78 is 0. The van der Waals surface area contributed by atoms with Crippen molar-refractivity contribution in [3.8, 4) is 0 Å². The van der Waals surface area contributed by atoms with Gasteiger partial charge in [-0.3, -0.25) is 9.59 Å². The van der Waals surface area contributed by atoms with Crippen LogP contribution in [0.15, 0.2) is 18.2 Å². The smallest absolute Gasteiger partial charge is 0.251 e. The number of hydrogen-bond acceptors (Lipinski definition) is 4. The average Bonchev–Trinajstić information content (AvgIpc) is 2.42. The Morgan fingerprint density at radius 3 is 2.75 bits per heavy atom. The van der Waals surface area contributed by atoms with Gasteiger partial charge in [0, 0.05) is 32.2 Å². The van der Waals surface area contributed by atoms with Gasteiger partial charge in [-0.25, -0.2) is 0 Å². The fourth-order valence-corrected chi connectivity index (χ4v) is 2.21. The average molecular weight is 276 g/mol. The third kappa shape index (κ3) is 2.84. The maximum atomic E-state index is 11.7. The van der Waals surface area contributed by atoms with Crippen LogP contribution in [0.3, 0.4) is 0 Å². The minimum absolute atomic E-state index is 0.0726. The molecule has 1 aromatic rings. The second kappa shape index (κ2) is 5.81. The first-order valence-electron chi connectivity index (χ1n) is 6.69. The Morgan fingerprint density at radius 2 is 2.15 bits per heavy atom. The molecule has 1 aliphatic rings. The molecule has 0 spiro atoms. The van der Waals surface area contributed by atoms with E-state index in [9.17, 15) is 9.59 Å². The Bertz CT molecular complexity index is 530. The van der Waals surface area contributed by atoms with Crippen molar-refractivity contribution in [2.45, 2.75) is 6.92 Å². The first-order valence-corrected chi connectivity index (χ1v) is 6.69. The quantitative estimate of drug-likeness (QED) is 0.778. The van der Waals surface area contributed by atoms with Gasteiger partial charge in [0.15, 0.2) is 0 Å². The van der Waals surface area contributed by atoms with Crippen LogP contribution in [0.5, 0.6) is 0 Å². The van der Waals surface area contributed by atoms with E-state index in [0.29, 0.717) is 30.9 Å². The van der Waals surface area contributed by atoms with Crippen LogP contribution in [-0.4, -0.2) is 49.9 Å². The molecule has 1 heterocycles. The molecule has 3 N–H and O–H groups in total. The summed E-state index contributed by atoms with van der Waals surface area (Å²) in [6.07, 6.45) is 0. The third-order valence-corrected chi connectivity index (χ3v) is 3.42. The summed E-state index contributed by atoms with van der Waals surface area (Å²) in [6, 6.07) is 5.20. The van der Waals surface area contributed by atoms with E-state index in [1.165, 1.54) is 0 Å². The summed E-state index contributed by atoms with van der Waals surface area (Å²) in [6.45, 7) is 4.18. The van der Waals surface area contributed by atoms with Crippen molar-refractivity contribution >= 4 is 23.2 Å². The minimum Gasteiger partial charge on any atom is -0.397 e. The number of hydrogen-bond donors (Lipinski definition) is 2.